The van der Waals surface area contributed by atoms with E-state index in [-0.39, 0.29) is 23.2 Å². The summed E-state index contributed by atoms with van der Waals surface area (Å²) >= 11 is 0. The van der Waals surface area contributed by atoms with Gasteiger partial charge < -0.3 is 20.1 Å². The predicted molar refractivity (Wildman–Crippen MR) is 99.4 cm³/mol. The van der Waals surface area contributed by atoms with Gasteiger partial charge in [0.15, 0.2) is 21.3 Å². The summed E-state index contributed by atoms with van der Waals surface area (Å²) < 4.78 is 33.5. The Kier molecular flexibility index (Phi) is 5.45. The van der Waals surface area contributed by atoms with Crippen molar-refractivity contribution in [2.75, 3.05) is 31.0 Å². The van der Waals surface area contributed by atoms with Gasteiger partial charge in [0.25, 0.3) is 5.91 Å². The number of amides is 1. The summed E-state index contributed by atoms with van der Waals surface area (Å²) in [6, 6.07) is 6.38. The molecule has 2 heterocycles. The molecule has 27 heavy (non-hydrogen) atoms. The van der Waals surface area contributed by atoms with Crippen LogP contribution in [0.2, 0.25) is 0 Å². The van der Waals surface area contributed by atoms with E-state index in [1.165, 1.54) is 19.5 Å². The molecule has 1 unspecified atom stereocenters. The molecule has 0 bridgehead atoms. The van der Waals surface area contributed by atoms with Crippen molar-refractivity contribution in [2.24, 2.45) is 0 Å². The second kappa shape index (κ2) is 7.78. The van der Waals surface area contributed by atoms with E-state index in [0.717, 1.165) is 0 Å². The van der Waals surface area contributed by atoms with E-state index in [1.54, 1.807) is 25.3 Å². The van der Waals surface area contributed by atoms with Crippen molar-refractivity contribution in [3.8, 4) is 11.5 Å². The summed E-state index contributed by atoms with van der Waals surface area (Å²) in [5.74, 6) is 1.18. The molecule has 0 saturated carbocycles. The van der Waals surface area contributed by atoms with Gasteiger partial charge >= 0.3 is 0 Å². The summed E-state index contributed by atoms with van der Waals surface area (Å²) in [7, 11) is 0.0246. The SMILES string of the molecule is COc1ccc(Nc2cc(C(=O)NC3CCS(=O)(=O)C3)ncn2)cc1OC. The number of hydrogen-bond acceptors (Lipinski definition) is 8. The number of nitrogens with one attached hydrogen (secondary N) is 2. The summed E-state index contributed by atoms with van der Waals surface area (Å²) in [5, 5.41) is 5.77. The fraction of sp³-hybridized carbons (Fsp3) is 0.353. The summed E-state index contributed by atoms with van der Waals surface area (Å²) in [6.07, 6.45) is 1.68. The maximum atomic E-state index is 12.3. The number of hydrogen-bond donors (Lipinski definition) is 2. The molecule has 2 N–H and O–H groups in total. The first-order valence-corrected chi connectivity index (χ1v) is 10.0. The van der Waals surface area contributed by atoms with E-state index in [0.29, 0.717) is 29.4 Å². The zero-order chi connectivity index (χ0) is 19.4. The number of sulfone groups is 1. The van der Waals surface area contributed by atoms with Gasteiger partial charge in [-0.2, -0.15) is 0 Å². The van der Waals surface area contributed by atoms with Crippen molar-refractivity contribution in [1.29, 1.82) is 0 Å². The maximum absolute atomic E-state index is 12.3. The Morgan fingerprint density at radius 1 is 1.15 bits per heavy atom. The zero-order valence-corrected chi connectivity index (χ0v) is 15.7. The molecule has 1 saturated heterocycles. The van der Waals surface area contributed by atoms with Crippen molar-refractivity contribution in [1.82, 2.24) is 15.3 Å². The van der Waals surface area contributed by atoms with Crippen LogP contribution in [0.4, 0.5) is 11.5 Å². The first-order valence-electron chi connectivity index (χ1n) is 8.22. The van der Waals surface area contributed by atoms with Gasteiger partial charge in [-0.25, -0.2) is 18.4 Å². The Balaban J connectivity index is 1.71. The van der Waals surface area contributed by atoms with Crippen LogP contribution < -0.4 is 20.1 Å². The summed E-state index contributed by atoms with van der Waals surface area (Å²) in [5.41, 5.74) is 0.844. The monoisotopic (exact) mass is 392 g/mol. The lowest BCUT2D eigenvalue weighted by molar-refractivity contribution is 0.0936. The Hall–Kier alpha value is -2.88. The molecule has 1 aromatic heterocycles. The van der Waals surface area contributed by atoms with Crippen LogP contribution in [-0.2, 0) is 9.84 Å². The summed E-state index contributed by atoms with van der Waals surface area (Å²) in [6.45, 7) is 0. The number of aromatic nitrogens is 2. The topological polar surface area (TPSA) is 120 Å². The predicted octanol–water partition coefficient (Wildman–Crippen LogP) is 1.15. The van der Waals surface area contributed by atoms with Gasteiger partial charge in [0, 0.05) is 23.9 Å². The number of carbonyl (C=O) groups is 1. The van der Waals surface area contributed by atoms with Crippen LogP contribution in [-0.4, -0.2) is 56.1 Å². The molecule has 1 aliphatic heterocycles. The number of rotatable bonds is 6. The van der Waals surface area contributed by atoms with Crippen molar-refractivity contribution in [3.05, 3.63) is 36.3 Å². The van der Waals surface area contributed by atoms with Crippen LogP contribution in [0.3, 0.4) is 0 Å². The quantitative estimate of drug-likeness (QED) is 0.751. The van der Waals surface area contributed by atoms with Crippen LogP contribution in [0.5, 0.6) is 11.5 Å². The fourth-order valence-corrected chi connectivity index (χ4v) is 4.45. The first-order chi connectivity index (χ1) is 12.9. The van der Waals surface area contributed by atoms with Gasteiger partial charge in [-0.3, -0.25) is 4.79 Å². The molecule has 1 amide bonds. The molecule has 2 aromatic rings. The van der Waals surface area contributed by atoms with E-state index < -0.39 is 15.7 Å². The van der Waals surface area contributed by atoms with Gasteiger partial charge in [0.05, 0.1) is 25.7 Å². The van der Waals surface area contributed by atoms with E-state index >= 15 is 0 Å². The highest BCUT2D eigenvalue weighted by molar-refractivity contribution is 7.91. The average molecular weight is 392 g/mol. The Morgan fingerprint density at radius 3 is 2.59 bits per heavy atom. The van der Waals surface area contributed by atoms with E-state index in [2.05, 4.69) is 20.6 Å². The fourth-order valence-electron chi connectivity index (χ4n) is 2.78. The standard InChI is InChI=1S/C17H20N4O5S/c1-25-14-4-3-11(7-15(14)26-2)20-16-8-13(18-10-19-16)17(22)21-12-5-6-27(23,24)9-12/h3-4,7-8,10,12H,5-6,9H2,1-2H3,(H,21,22)(H,18,19,20). The van der Waals surface area contributed by atoms with Crippen LogP contribution in [0.25, 0.3) is 0 Å². The molecule has 0 aliphatic carbocycles. The van der Waals surface area contributed by atoms with Crippen molar-refractivity contribution in [3.63, 3.8) is 0 Å². The van der Waals surface area contributed by atoms with Crippen LogP contribution in [0.15, 0.2) is 30.6 Å². The first kappa shape index (κ1) is 18.9. The lowest BCUT2D eigenvalue weighted by atomic mass is 10.2. The minimum Gasteiger partial charge on any atom is -0.493 e. The van der Waals surface area contributed by atoms with Gasteiger partial charge in [0.2, 0.25) is 0 Å². The van der Waals surface area contributed by atoms with E-state index in [1.807, 2.05) is 0 Å². The third-order valence-electron chi connectivity index (χ3n) is 4.12. The van der Waals surface area contributed by atoms with E-state index in [9.17, 15) is 13.2 Å². The van der Waals surface area contributed by atoms with Gasteiger partial charge in [-0.15, -0.1) is 0 Å². The van der Waals surface area contributed by atoms with Crippen LogP contribution in [0, 0.1) is 0 Å². The lowest BCUT2D eigenvalue weighted by Crippen LogP contribution is -2.36. The van der Waals surface area contributed by atoms with Crippen molar-refractivity contribution < 1.29 is 22.7 Å². The number of nitrogens with zero attached hydrogens (tertiary/aromatic N) is 2. The number of methoxy groups -OCH3 is 2. The van der Waals surface area contributed by atoms with Gasteiger partial charge in [0.1, 0.15) is 17.8 Å². The van der Waals surface area contributed by atoms with Crippen LogP contribution in [0.1, 0.15) is 16.9 Å². The normalized spacial score (nSPS) is 17.9. The average Bonchev–Trinajstić information content (AvgIpc) is 3.00. The number of ether oxygens (including phenoxy) is 2. The molecule has 1 atom stereocenters. The molecule has 144 valence electrons. The highest BCUT2D eigenvalue weighted by Gasteiger charge is 2.29. The molecule has 1 aromatic carbocycles. The van der Waals surface area contributed by atoms with Crippen molar-refractivity contribution >= 4 is 27.2 Å². The maximum Gasteiger partial charge on any atom is 0.270 e. The lowest BCUT2D eigenvalue weighted by Gasteiger charge is -2.12. The van der Waals surface area contributed by atoms with Gasteiger partial charge in [-0.05, 0) is 18.6 Å². The molecule has 1 fully saturated rings. The number of benzene rings is 1. The molecule has 1 aliphatic rings. The molecule has 0 spiro atoms. The second-order valence-corrected chi connectivity index (χ2v) is 8.29. The Morgan fingerprint density at radius 2 is 1.93 bits per heavy atom. The molecule has 3 rings (SSSR count). The molecular formula is C17H20N4O5S. The summed E-state index contributed by atoms with van der Waals surface area (Å²) in [4.78, 5) is 20.4. The number of carbonyl (C=O) groups excluding carboxylic acids is 1. The number of anilines is 2. The highest BCUT2D eigenvalue weighted by atomic mass is 32.2. The smallest absolute Gasteiger partial charge is 0.270 e. The van der Waals surface area contributed by atoms with Crippen LogP contribution >= 0.6 is 0 Å². The van der Waals surface area contributed by atoms with E-state index in [4.69, 9.17) is 9.47 Å². The minimum absolute atomic E-state index is 0.0411. The molecule has 0 radical (unpaired) electrons. The Labute approximate surface area is 157 Å². The minimum atomic E-state index is -3.07. The highest BCUT2D eigenvalue weighted by Crippen LogP contribution is 2.30. The third kappa shape index (κ3) is 4.64. The zero-order valence-electron chi connectivity index (χ0n) is 14.9. The Bertz CT molecular complexity index is 948. The van der Waals surface area contributed by atoms with Gasteiger partial charge in [-0.1, -0.05) is 0 Å². The van der Waals surface area contributed by atoms with Crippen molar-refractivity contribution in [2.45, 2.75) is 12.5 Å². The second-order valence-electron chi connectivity index (χ2n) is 6.06. The molecule has 9 nitrogen and oxygen atoms in total. The molecule has 10 heteroatoms. The third-order valence-corrected chi connectivity index (χ3v) is 5.89. The largest absolute Gasteiger partial charge is 0.493 e. The molecular weight excluding hydrogens is 372 g/mol.